The van der Waals surface area contributed by atoms with E-state index < -0.39 is 0 Å². The number of ether oxygens (including phenoxy) is 1. The zero-order chi connectivity index (χ0) is 16.4. The third-order valence-electron chi connectivity index (χ3n) is 5.17. The van der Waals surface area contributed by atoms with Crippen LogP contribution in [0.5, 0.6) is 5.75 Å². The van der Waals surface area contributed by atoms with E-state index >= 15 is 0 Å². The van der Waals surface area contributed by atoms with Crippen LogP contribution in [0.2, 0.25) is 0 Å². The highest BCUT2D eigenvalue weighted by Crippen LogP contribution is 2.37. The average molecular weight is 318 g/mol. The number of urea groups is 1. The molecule has 0 bridgehead atoms. The van der Waals surface area contributed by atoms with Crippen LogP contribution in [0.15, 0.2) is 18.2 Å². The number of aliphatic hydroxyl groups is 1. The molecule has 0 spiro atoms. The van der Waals surface area contributed by atoms with Gasteiger partial charge in [0.25, 0.3) is 0 Å². The molecule has 0 saturated carbocycles. The first-order chi connectivity index (χ1) is 11.1. The van der Waals surface area contributed by atoms with Gasteiger partial charge in [-0.1, -0.05) is 12.1 Å². The Kier molecular flexibility index (Phi) is 4.76. The van der Waals surface area contributed by atoms with Crippen molar-refractivity contribution in [2.75, 3.05) is 20.2 Å². The number of benzene rings is 1. The summed E-state index contributed by atoms with van der Waals surface area (Å²) in [4.78, 5) is 14.4. The van der Waals surface area contributed by atoms with Crippen molar-refractivity contribution in [3.63, 3.8) is 0 Å². The maximum Gasteiger partial charge on any atom is 0.317 e. The molecular weight excluding hydrogens is 292 g/mol. The molecule has 5 nitrogen and oxygen atoms in total. The summed E-state index contributed by atoms with van der Waals surface area (Å²) < 4.78 is 5.42. The first-order valence-corrected chi connectivity index (χ1v) is 8.49. The van der Waals surface area contributed by atoms with Crippen LogP contribution in [0, 0.1) is 5.92 Å². The van der Waals surface area contributed by atoms with Gasteiger partial charge in [0.15, 0.2) is 0 Å². The minimum Gasteiger partial charge on any atom is -0.496 e. The molecule has 1 aromatic rings. The van der Waals surface area contributed by atoms with E-state index in [1.165, 1.54) is 11.1 Å². The SMILES string of the molecule is COc1cccc2c1CCC2NC(=O)N1CCCC(C(C)O)C1. The van der Waals surface area contributed by atoms with Gasteiger partial charge >= 0.3 is 6.03 Å². The summed E-state index contributed by atoms with van der Waals surface area (Å²) in [5.74, 6) is 1.09. The lowest BCUT2D eigenvalue weighted by Crippen LogP contribution is -2.48. The van der Waals surface area contributed by atoms with Crippen molar-refractivity contribution in [1.82, 2.24) is 10.2 Å². The van der Waals surface area contributed by atoms with Crippen molar-refractivity contribution in [3.05, 3.63) is 29.3 Å². The summed E-state index contributed by atoms with van der Waals surface area (Å²) in [6, 6.07) is 6.06. The molecule has 3 atom stereocenters. The van der Waals surface area contributed by atoms with Crippen LogP contribution in [-0.4, -0.2) is 42.3 Å². The van der Waals surface area contributed by atoms with E-state index in [4.69, 9.17) is 4.74 Å². The van der Waals surface area contributed by atoms with E-state index in [1.807, 2.05) is 24.0 Å². The van der Waals surface area contributed by atoms with Crippen LogP contribution in [0.1, 0.15) is 43.4 Å². The highest BCUT2D eigenvalue weighted by atomic mass is 16.5. The highest BCUT2D eigenvalue weighted by molar-refractivity contribution is 5.75. The van der Waals surface area contributed by atoms with Gasteiger partial charge in [-0.3, -0.25) is 0 Å². The molecule has 1 saturated heterocycles. The molecule has 2 N–H and O–H groups in total. The number of aliphatic hydroxyl groups excluding tert-OH is 1. The number of rotatable bonds is 3. The lowest BCUT2D eigenvalue weighted by molar-refractivity contribution is 0.0733. The molecule has 3 unspecified atom stereocenters. The van der Waals surface area contributed by atoms with E-state index in [9.17, 15) is 9.90 Å². The molecule has 2 aliphatic rings. The first-order valence-electron chi connectivity index (χ1n) is 8.49. The summed E-state index contributed by atoms with van der Waals surface area (Å²) in [7, 11) is 1.69. The predicted molar refractivity (Wildman–Crippen MR) is 88.6 cm³/mol. The van der Waals surface area contributed by atoms with E-state index in [1.54, 1.807) is 7.11 Å². The van der Waals surface area contributed by atoms with Gasteiger partial charge in [0.05, 0.1) is 19.3 Å². The third kappa shape index (κ3) is 3.29. The maximum absolute atomic E-state index is 12.6. The summed E-state index contributed by atoms with van der Waals surface area (Å²) in [6.45, 7) is 3.22. The lowest BCUT2D eigenvalue weighted by Gasteiger charge is -2.34. The summed E-state index contributed by atoms with van der Waals surface area (Å²) in [5, 5.41) is 12.9. The highest BCUT2D eigenvalue weighted by Gasteiger charge is 2.30. The van der Waals surface area contributed by atoms with Gasteiger partial charge < -0.3 is 20.1 Å². The topological polar surface area (TPSA) is 61.8 Å². The van der Waals surface area contributed by atoms with Gasteiger partial charge in [-0.05, 0) is 49.8 Å². The molecule has 1 aromatic carbocycles. The number of hydrogen-bond acceptors (Lipinski definition) is 3. The zero-order valence-corrected chi connectivity index (χ0v) is 13.9. The molecule has 1 aliphatic carbocycles. The maximum atomic E-state index is 12.6. The zero-order valence-electron chi connectivity index (χ0n) is 13.9. The third-order valence-corrected chi connectivity index (χ3v) is 5.17. The monoisotopic (exact) mass is 318 g/mol. The van der Waals surface area contributed by atoms with Crippen molar-refractivity contribution in [1.29, 1.82) is 0 Å². The number of likely N-dealkylation sites (tertiary alicyclic amines) is 1. The Balaban J connectivity index is 1.66. The number of fused-ring (bicyclic) bond motifs is 1. The second-order valence-electron chi connectivity index (χ2n) is 6.66. The van der Waals surface area contributed by atoms with Gasteiger partial charge in [-0.25, -0.2) is 4.79 Å². The van der Waals surface area contributed by atoms with Crippen LogP contribution >= 0.6 is 0 Å². The van der Waals surface area contributed by atoms with Crippen LogP contribution in [0.4, 0.5) is 4.79 Å². The molecule has 23 heavy (non-hydrogen) atoms. The fraction of sp³-hybridized carbons (Fsp3) is 0.611. The normalized spacial score (nSPS) is 24.9. The number of nitrogens with one attached hydrogen (secondary N) is 1. The van der Waals surface area contributed by atoms with Crippen LogP contribution in [0.25, 0.3) is 0 Å². The summed E-state index contributed by atoms with van der Waals surface area (Å²) in [6.07, 6.45) is 3.43. The number of piperidine rings is 1. The second-order valence-corrected chi connectivity index (χ2v) is 6.66. The van der Waals surface area contributed by atoms with Crippen molar-refractivity contribution >= 4 is 6.03 Å². The van der Waals surface area contributed by atoms with Crippen molar-refractivity contribution in [2.24, 2.45) is 5.92 Å². The van der Waals surface area contributed by atoms with Gasteiger partial charge in [-0.2, -0.15) is 0 Å². The van der Waals surface area contributed by atoms with E-state index in [2.05, 4.69) is 11.4 Å². The number of carbonyl (C=O) groups excluding carboxylic acids is 1. The molecular formula is C18H26N2O3. The molecule has 3 rings (SSSR count). The van der Waals surface area contributed by atoms with E-state index in [0.29, 0.717) is 6.54 Å². The van der Waals surface area contributed by atoms with Crippen LogP contribution < -0.4 is 10.1 Å². The Bertz CT molecular complexity index is 573. The van der Waals surface area contributed by atoms with Crippen LogP contribution in [0.3, 0.4) is 0 Å². The number of methoxy groups -OCH3 is 1. The Morgan fingerprint density at radius 3 is 3.00 bits per heavy atom. The smallest absolute Gasteiger partial charge is 0.317 e. The Labute approximate surface area is 137 Å². The second kappa shape index (κ2) is 6.79. The molecule has 1 heterocycles. The number of amides is 2. The minimum atomic E-state index is -0.359. The fourth-order valence-corrected chi connectivity index (χ4v) is 3.79. The molecule has 126 valence electrons. The number of hydrogen-bond donors (Lipinski definition) is 2. The lowest BCUT2D eigenvalue weighted by atomic mass is 9.94. The fourth-order valence-electron chi connectivity index (χ4n) is 3.79. The quantitative estimate of drug-likeness (QED) is 0.900. The first kappa shape index (κ1) is 16.1. The van der Waals surface area contributed by atoms with Gasteiger partial charge in [0.1, 0.15) is 5.75 Å². The number of nitrogens with zero attached hydrogens (tertiary/aromatic N) is 1. The Morgan fingerprint density at radius 1 is 1.43 bits per heavy atom. The van der Waals surface area contributed by atoms with Crippen molar-refractivity contribution in [3.8, 4) is 5.75 Å². The van der Waals surface area contributed by atoms with E-state index in [-0.39, 0.29) is 24.1 Å². The molecule has 5 heteroatoms. The average Bonchev–Trinajstić information content (AvgIpc) is 2.98. The predicted octanol–water partition coefficient (Wildman–Crippen LogP) is 2.48. The van der Waals surface area contributed by atoms with Gasteiger partial charge in [0.2, 0.25) is 0 Å². The largest absolute Gasteiger partial charge is 0.496 e. The van der Waals surface area contributed by atoms with Crippen LogP contribution in [-0.2, 0) is 6.42 Å². The van der Waals surface area contributed by atoms with Crippen molar-refractivity contribution in [2.45, 2.75) is 44.8 Å². The summed E-state index contributed by atoms with van der Waals surface area (Å²) >= 11 is 0. The molecule has 2 amide bonds. The van der Waals surface area contributed by atoms with Gasteiger partial charge in [0, 0.05) is 19.0 Å². The van der Waals surface area contributed by atoms with Crippen molar-refractivity contribution < 1.29 is 14.6 Å². The Morgan fingerprint density at radius 2 is 2.26 bits per heavy atom. The summed E-state index contributed by atoms with van der Waals surface area (Å²) in [5.41, 5.74) is 2.38. The molecule has 1 fully saturated rings. The molecule has 1 aliphatic heterocycles. The standard InChI is InChI=1S/C18H26N2O3/c1-12(21)13-5-4-10-20(11-13)18(22)19-16-9-8-15-14(16)6-3-7-17(15)23-2/h3,6-7,12-13,16,21H,4-5,8-11H2,1-2H3,(H,19,22). The molecule has 0 aromatic heterocycles. The van der Waals surface area contributed by atoms with Gasteiger partial charge in [-0.15, -0.1) is 0 Å². The number of carbonyl (C=O) groups is 1. The van der Waals surface area contributed by atoms with E-state index in [0.717, 1.165) is 38.0 Å². The minimum absolute atomic E-state index is 0.0176. The Hall–Kier alpha value is -1.75. The molecule has 0 radical (unpaired) electrons.